The normalized spacial score (nSPS) is 15.7. The Morgan fingerprint density at radius 1 is 1.04 bits per heavy atom. The molecule has 240 valence electrons. The van der Waals surface area contributed by atoms with E-state index in [0.717, 1.165) is 17.3 Å². The number of aromatic nitrogens is 1. The number of pyridine rings is 1. The van der Waals surface area contributed by atoms with E-state index in [9.17, 15) is 18.8 Å². The highest BCUT2D eigenvalue weighted by Crippen LogP contribution is 2.34. The van der Waals surface area contributed by atoms with Crippen molar-refractivity contribution in [2.75, 3.05) is 13.7 Å². The summed E-state index contributed by atoms with van der Waals surface area (Å²) in [5.41, 5.74) is 3.44. The highest BCUT2D eigenvalue weighted by molar-refractivity contribution is 5.96. The van der Waals surface area contributed by atoms with Crippen LogP contribution in [0.25, 0.3) is 11.1 Å². The lowest BCUT2D eigenvalue weighted by Gasteiger charge is -2.24. The first-order chi connectivity index (χ1) is 21.3. The summed E-state index contributed by atoms with van der Waals surface area (Å²) in [4.78, 5) is 46.1. The molecule has 4 rings (SSSR count). The van der Waals surface area contributed by atoms with E-state index in [0.29, 0.717) is 29.7 Å². The number of benzene rings is 2. The molecule has 1 aliphatic heterocycles. The van der Waals surface area contributed by atoms with Gasteiger partial charge in [-0.3, -0.25) is 19.3 Å². The van der Waals surface area contributed by atoms with Crippen LogP contribution in [0.5, 0.6) is 0 Å². The molecule has 2 aromatic carbocycles. The third-order valence-electron chi connectivity index (χ3n) is 8.16. The minimum absolute atomic E-state index is 0.0429. The van der Waals surface area contributed by atoms with E-state index in [4.69, 9.17) is 4.74 Å². The van der Waals surface area contributed by atoms with Crippen LogP contribution in [-0.2, 0) is 20.9 Å². The van der Waals surface area contributed by atoms with E-state index in [1.807, 2.05) is 27.0 Å². The number of ether oxygens (including phenoxy) is 1. The summed E-state index contributed by atoms with van der Waals surface area (Å²) in [5, 5.41) is 5.37. The Bertz CT molecular complexity index is 1590. The summed E-state index contributed by atoms with van der Waals surface area (Å²) < 4.78 is 49.6. The van der Waals surface area contributed by atoms with Gasteiger partial charge in [0.2, 0.25) is 5.91 Å². The number of esters is 1. The van der Waals surface area contributed by atoms with Gasteiger partial charge in [0.05, 0.1) is 24.8 Å². The van der Waals surface area contributed by atoms with Gasteiger partial charge in [0.15, 0.2) is 11.6 Å². The van der Waals surface area contributed by atoms with Crippen LogP contribution in [0.2, 0.25) is 0 Å². The number of rotatable bonds is 11. The van der Waals surface area contributed by atoms with Crippen molar-refractivity contribution in [3.8, 4) is 11.1 Å². The molecule has 0 radical (unpaired) electrons. The molecule has 1 aliphatic rings. The van der Waals surface area contributed by atoms with E-state index in [-0.39, 0.29) is 35.9 Å². The van der Waals surface area contributed by atoms with Crippen molar-refractivity contribution in [1.82, 2.24) is 20.5 Å². The SMILES string of the molecule is CCC[C@H](NC(=O)c1ccc2c(n1)CN(C)C2C)C(=O)N[C@@H](CC(=O)OCC)c1cc(-c2c(C)cc(F)cc2C)cc(F)c1F. The van der Waals surface area contributed by atoms with Crippen molar-refractivity contribution in [3.63, 3.8) is 0 Å². The Morgan fingerprint density at radius 2 is 1.73 bits per heavy atom. The summed E-state index contributed by atoms with van der Waals surface area (Å²) in [5.74, 6) is -4.90. The number of fused-ring (bicyclic) bond motifs is 1. The van der Waals surface area contributed by atoms with Crippen molar-refractivity contribution in [3.05, 3.63) is 87.5 Å². The summed E-state index contributed by atoms with van der Waals surface area (Å²) in [6.07, 6.45) is 0.257. The zero-order valence-corrected chi connectivity index (χ0v) is 26.4. The van der Waals surface area contributed by atoms with Gasteiger partial charge in [0, 0.05) is 18.2 Å². The standard InChI is InChI=1S/C34H39F3N4O4/c1-7-9-26(39-34(44)27-11-10-23-20(5)41(6)17-29(23)38-27)33(43)40-28(16-30(42)45-8-2)24-14-21(15-25(36)32(24)37)31-18(3)12-22(35)13-19(31)4/h10-15,20,26,28H,7-9,16-17H2,1-6H3,(H,39,44)(H,40,43)/t20?,26-,28-/m0/s1. The largest absolute Gasteiger partial charge is 0.466 e. The molecule has 0 spiro atoms. The van der Waals surface area contributed by atoms with Crippen molar-refractivity contribution >= 4 is 17.8 Å². The second-order valence-electron chi connectivity index (χ2n) is 11.5. The highest BCUT2D eigenvalue weighted by atomic mass is 19.2. The Labute approximate surface area is 261 Å². The third-order valence-corrected chi connectivity index (χ3v) is 8.16. The number of aryl methyl sites for hydroxylation is 2. The molecule has 2 amide bonds. The maximum absolute atomic E-state index is 15.4. The van der Waals surface area contributed by atoms with Crippen LogP contribution in [0.1, 0.15) is 90.6 Å². The van der Waals surface area contributed by atoms with Crippen molar-refractivity contribution in [2.24, 2.45) is 0 Å². The number of amides is 2. The molecule has 45 heavy (non-hydrogen) atoms. The maximum Gasteiger partial charge on any atom is 0.308 e. The fraction of sp³-hybridized carbons (Fsp3) is 0.412. The van der Waals surface area contributed by atoms with E-state index < -0.39 is 53.7 Å². The minimum Gasteiger partial charge on any atom is -0.466 e. The molecule has 2 heterocycles. The molecule has 3 atom stereocenters. The lowest BCUT2D eigenvalue weighted by molar-refractivity contribution is -0.143. The van der Waals surface area contributed by atoms with Crippen molar-refractivity contribution in [1.29, 1.82) is 0 Å². The molecule has 0 fully saturated rings. The van der Waals surface area contributed by atoms with Crippen molar-refractivity contribution < 1.29 is 32.3 Å². The Hall–Kier alpha value is -4.25. The summed E-state index contributed by atoms with van der Waals surface area (Å²) in [6.45, 7) is 9.41. The van der Waals surface area contributed by atoms with E-state index in [2.05, 4.69) is 20.5 Å². The number of halogens is 3. The molecule has 1 aromatic heterocycles. The van der Waals surface area contributed by atoms with Gasteiger partial charge >= 0.3 is 5.97 Å². The van der Waals surface area contributed by atoms with Crippen LogP contribution in [0, 0.1) is 31.3 Å². The monoisotopic (exact) mass is 624 g/mol. The lowest BCUT2D eigenvalue weighted by atomic mass is 9.91. The highest BCUT2D eigenvalue weighted by Gasteiger charge is 2.30. The second-order valence-corrected chi connectivity index (χ2v) is 11.5. The quantitative estimate of drug-likeness (QED) is 0.254. The molecule has 0 saturated heterocycles. The molecule has 0 aliphatic carbocycles. The first-order valence-electron chi connectivity index (χ1n) is 15.1. The van der Waals surface area contributed by atoms with Crippen LogP contribution in [0.15, 0.2) is 36.4 Å². The molecule has 3 aromatic rings. The first kappa shape index (κ1) is 33.6. The number of carbonyl (C=O) groups excluding carboxylic acids is 3. The molecule has 0 saturated carbocycles. The summed E-state index contributed by atoms with van der Waals surface area (Å²) >= 11 is 0. The number of nitrogens with one attached hydrogen (secondary N) is 2. The van der Waals surface area contributed by atoms with Gasteiger partial charge in [-0.15, -0.1) is 0 Å². The average molecular weight is 625 g/mol. The minimum atomic E-state index is -1.33. The zero-order chi connectivity index (χ0) is 33.0. The van der Waals surface area contributed by atoms with Crippen LogP contribution in [0.3, 0.4) is 0 Å². The van der Waals surface area contributed by atoms with Gasteiger partial charge in [-0.25, -0.2) is 18.2 Å². The molecular formula is C34H39F3N4O4. The van der Waals surface area contributed by atoms with Crippen LogP contribution < -0.4 is 10.6 Å². The van der Waals surface area contributed by atoms with Gasteiger partial charge in [-0.2, -0.15) is 0 Å². The Kier molecular flexibility index (Phi) is 10.6. The van der Waals surface area contributed by atoms with E-state index in [1.54, 1.807) is 26.8 Å². The lowest BCUT2D eigenvalue weighted by Crippen LogP contribution is -2.48. The topological polar surface area (TPSA) is 101 Å². The number of nitrogens with zero attached hydrogens (tertiary/aromatic N) is 2. The predicted molar refractivity (Wildman–Crippen MR) is 164 cm³/mol. The van der Waals surface area contributed by atoms with Gasteiger partial charge < -0.3 is 15.4 Å². The van der Waals surface area contributed by atoms with Crippen LogP contribution in [0.4, 0.5) is 13.2 Å². The van der Waals surface area contributed by atoms with Crippen molar-refractivity contribution in [2.45, 2.75) is 78.6 Å². The van der Waals surface area contributed by atoms with E-state index in [1.165, 1.54) is 18.2 Å². The predicted octanol–water partition coefficient (Wildman–Crippen LogP) is 6.00. The molecule has 11 heteroatoms. The fourth-order valence-corrected chi connectivity index (χ4v) is 5.82. The number of carbonyl (C=O) groups is 3. The maximum atomic E-state index is 15.4. The average Bonchev–Trinajstić information content (AvgIpc) is 3.25. The summed E-state index contributed by atoms with van der Waals surface area (Å²) in [7, 11) is 1.97. The molecule has 8 nitrogen and oxygen atoms in total. The third kappa shape index (κ3) is 7.53. The zero-order valence-electron chi connectivity index (χ0n) is 26.4. The van der Waals surface area contributed by atoms with Gasteiger partial charge in [0.1, 0.15) is 17.6 Å². The van der Waals surface area contributed by atoms with E-state index >= 15 is 8.78 Å². The van der Waals surface area contributed by atoms with Gasteiger partial charge in [0.25, 0.3) is 5.91 Å². The molecule has 2 N–H and O–H groups in total. The molecule has 0 bridgehead atoms. The smallest absolute Gasteiger partial charge is 0.308 e. The van der Waals surface area contributed by atoms with Crippen LogP contribution >= 0.6 is 0 Å². The second kappa shape index (κ2) is 14.2. The molecule has 1 unspecified atom stereocenters. The first-order valence-corrected chi connectivity index (χ1v) is 15.1. The Balaban J connectivity index is 1.65. The van der Waals surface area contributed by atoms with Gasteiger partial charge in [-0.05, 0) is 99.3 Å². The van der Waals surface area contributed by atoms with Crippen LogP contribution in [-0.4, -0.2) is 47.4 Å². The Morgan fingerprint density at radius 3 is 2.38 bits per heavy atom. The summed E-state index contributed by atoms with van der Waals surface area (Å²) in [6, 6.07) is 6.15. The molecular weight excluding hydrogens is 585 g/mol. The fourth-order valence-electron chi connectivity index (χ4n) is 5.82. The van der Waals surface area contributed by atoms with Gasteiger partial charge in [-0.1, -0.05) is 19.4 Å². The number of hydrogen-bond acceptors (Lipinski definition) is 6. The number of hydrogen-bond donors (Lipinski definition) is 2.